The van der Waals surface area contributed by atoms with E-state index in [0.29, 0.717) is 6.42 Å². The van der Waals surface area contributed by atoms with Crippen LogP contribution in [-0.4, -0.2) is 35.6 Å². The van der Waals surface area contributed by atoms with Crippen molar-refractivity contribution in [3.05, 3.63) is 35.4 Å². The molecule has 116 valence electrons. The second-order valence-electron chi connectivity index (χ2n) is 5.87. The summed E-state index contributed by atoms with van der Waals surface area (Å²) in [6, 6.07) is 6.42. The Kier molecular flexibility index (Phi) is 4.68. The topological polar surface area (TPSA) is 74.7 Å². The molecule has 21 heavy (non-hydrogen) atoms. The fourth-order valence-electron chi connectivity index (χ4n) is 2.50. The van der Waals surface area contributed by atoms with Crippen molar-refractivity contribution in [2.45, 2.75) is 39.3 Å². The Hall–Kier alpha value is -1.40. The molecule has 1 N–H and O–H groups in total. The van der Waals surface area contributed by atoms with Crippen LogP contribution >= 0.6 is 0 Å². The molecule has 0 saturated heterocycles. The Morgan fingerprint density at radius 3 is 2.52 bits per heavy atom. The number of sulfonamides is 1. The lowest BCUT2D eigenvalue weighted by atomic mass is 9.96. The molecular weight excluding hydrogens is 290 g/mol. The van der Waals surface area contributed by atoms with Crippen LogP contribution in [0.4, 0.5) is 0 Å². The van der Waals surface area contributed by atoms with Gasteiger partial charge in [0, 0.05) is 13.0 Å². The largest absolute Gasteiger partial charge is 0.480 e. The SMILES string of the molecule is CC(C)CCS(=O)(=O)N1Cc2ccccc2C[C@@H]1C(=O)O. The average Bonchev–Trinajstić information content (AvgIpc) is 2.43. The van der Waals surface area contributed by atoms with Crippen LogP contribution in [0.2, 0.25) is 0 Å². The van der Waals surface area contributed by atoms with Crippen molar-refractivity contribution in [1.82, 2.24) is 4.31 Å². The van der Waals surface area contributed by atoms with Gasteiger partial charge in [0.05, 0.1) is 5.75 Å². The number of rotatable bonds is 5. The van der Waals surface area contributed by atoms with E-state index in [9.17, 15) is 18.3 Å². The van der Waals surface area contributed by atoms with Gasteiger partial charge in [-0.05, 0) is 23.5 Å². The Morgan fingerprint density at radius 2 is 1.95 bits per heavy atom. The molecule has 0 aromatic heterocycles. The van der Waals surface area contributed by atoms with Gasteiger partial charge >= 0.3 is 5.97 Å². The molecule has 5 nitrogen and oxygen atoms in total. The van der Waals surface area contributed by atoms with Crippen molar-refractivity contribution < 1.29 is 18.3 Å². The zero-order chi connectivity index (χ0) is 15.6. The molecule has 2 rings (SSSR count). The summed E-state index contributed by atoms with van der Waals surface area (Å²) < 4.78 is 26.1. The second kappa shape index (κ2) is 6.15. The molecule has 1 aromatic carbocycles. The summed E-state index contributed by atoms with van der Waals surface area (Å²) in [4.78, 5) is 11.5. The average molecular weight is 311 g/mol. The molecule has 0 unspecified atom stereocenters. The summed E-state index contributed by atoms with van der Waals surface area (Å²) in [5.41, 5.74) is 1.81. The molecule has 1 aromatic rings. The van der Waals surface area contributed by atoms with Crippen molar-refractivity contribution in [2.24, 2.45) is 5.92 Å². The predicted octanol–water partition coefficient (Wildman–Crippen LogP) is 1.87. The van der Waals surface area contributed by atoms with Crippen LogP contribution in [0.25, 0.3) is 0 Å². The first-order valence-corrected chi connectivity index (χ1v) is 8.71. The molecule has 0 fully saturated rings. The lowest BCUT2D eigenvalue weighted by molar-refractivity contribution is -0.141. The normalized spacial score (nSPS) is 19.5. The van der Waals surface area contributed by atoms with Crippen molar-refractivity contribution in [3.63, 3.8) is 0 Å². The van der Waals surface area contributed by atoms with Crippen LogP contribution < -0.4 is 0 Å². The summed E-state index contributed by atoms with van der Waals surface area (Å²) >= 11 is 0. The van der Waals surface area contributed by atoms with Crippen LogP contribution in [0.1, 0.15) is 31.4 Å². The molecule has 1 atom stereocenters. The fraction of sp³-hybridized carbons (Fsp3) is 0.533. The highest BCUT2D eigenvalue weighted by Gasteiger charge is 2.38. The van der Waals surface area contributed by atoms with Crippen LogP contribution in [-0.2, 0) is 27.8 Å². The molecular formula is C15H21NO4S. The first-order chi connectivity index (χ1) is 9.81. The van der Waals surface area contributed by atoms with E-state index < -0.39 is 22.0 Å². The zero-order valence-corrected chi connectivity index (χ0v) is 13.1. The van der Waals surface area contributed by atoms with Gasteiger partial charge in [-0.25, -0.2) is 8.42 Å². The number of hydrogen-bond donors (Lipinski definition) is 1. The molecule has 0 spiro atoms. The quantitative estimate of drug-likeness (QED) is 0.901. The van der Waals surface area contributed by atoms with Crippen LogP contribution in [0.5, 0.6) is 0 Å². The number of carboxylic acids is 1. The van der Waals surface area contributed by atoms with Gasteiger partial charge < -0.3 is 5.11 Å². The smallest absolute Gasteiger partial charge is 0.322 e. The number of benzene rings is 1. The molecule has 1 aliphatic heterocycles. The summed E-state index contributed by atoms with van der Waals surface area (Å²) in [5, 5.41) is 9.37. The van der Waals surface area contributed by atoms with Gasteiger partial charge in [-0.1, -0.05) is 38.1 Å². The molecule has 0 amide bonds. The van der Waals surface area contributed by atoms with Gasteiger partial charge in [0.25, 0.3) is 0 Å². The molecule has 6 heteroatoms. The maximum Gasteiger partial charge on any atom is 0.322 e. The number of hydrogen-bond acceptors (Lipinski definition) is 3. The second-order valence-corrected chi connectivity index (χ2v) is 7.91. The summed E-state index contributed by atoms with van der Waals surface area (Å²) in [6.45, 7) is 4.05. The highest BCUT2D eigenvalue weighted by molar-refractivity contribution is 7.89. The van der Waals surface area contributed by atoms with Gasteiger partial charge in [0.15, 0.2) is 0 Å². The highest BCUT2D eigenvalue weighted by Crippen LogP contribution is 2.26. The summed E-state index contributed by atoms with van der Waals surface area (Å²) in [6.07, 6.45) is 0.763. The number of aliphatic carboxylic acids is 1. The standard InChI is InChI=1S/C15H21NO4S/c1-11(2)7-8-21(19,20)16-10-13-6-4-3-5-12(13)9-14(16)15(17)18/h3-6,11,14H,7-10H2,1-2H3,(H,17,18)/t14-/m1/s1. The van der Waals surface area contributed by atoms with E-state index in [-0.39, 0.29) is 24.6 Å². The molecule has 0 aliphatic carbocycles. The van der Waals surface area contributed by atoms with E-state index in [4.69, 9.17) is 0 Å². The van der Waals surface area contributed by atoms with E-state index >= 15 is 0 Å². The van der Waals surface area contributed by atoms with Crippen LogP contribution in [0.3, 0.4) is 0 Å². The Labute approximate surface area is 125 Å². The molecule has 0 bridgehead atoms. The minimum Gasteiger partial charge on any atom is -0.480 e. The van der Waals surface area contributed by atoms with E-state index in [2.05, 4.69) is 0 Å². The summed E-state index contributed by atoms with van der Waals surface area (Å²) in [7, 11) is -3.56. The molecule has 1 heterocycles. The number of carbonyl (C=O) groups is 1. The monoisotopic (exact) mass is 311 g/mol. The van der Waals surface area contributed by atoms with Gasteiger partial charge in [-0.2, -0.15) is 4.31 Å². The third-order valence-electron chi connectivity index (χ3n) is 3.80. The fourth-order valence-corrected chi connectivity index (χ4v) is 4.40. The van der Waals surface area contributed by atoms with Crippen molar-refractivity contribution in [3.8, 4) is 0 Å². The highest BCUT2D eigenvalue weighted by atomic mass is 32.2. The van der Waals surface area contributed by atoms with Crippen molar-refractivity contribution >= 4 is 16.0 Å². The van der Waals surface area contributed by atoms with Gasteiger partial charge in [0.2, 0.25) is 10.0 Å². The number of nitrogens with zero attached hydrogens (tertiary/aromatic N) is 1. The van der Waals surface area contributed by atoms with Crippen molar-refractivity contribution in [1.29, 1.82) is 0 Å². The lowest BCUT2D eigenvalue weighted by Gasteiger charge is -2.33. The predicted molar refractivity (Wildman–Crippen MR) is 80.4 cm³/mol. The van der Waals surface area contributed by atoms with Crippen molar-refractivity contribution in [2.75, 3.05) is 5.75 Å². The lowest BCUT2D eigenvalue weighted by Crippen LogP contribution is -2.49. The van der Waals surface area contributed by atoms with E-state index in [1.54, 1.807) is 0 Å². The van der Waals surface area contributed by atoms with E-state index in [1.807, 2.05) is 38.1 Å². The van der Waals surface area contributed by atoms with Gasteiger partial charge in [-0.3, -0.25) is 4.79 Å². The van der Waals surface area contributed by atoms with Crippen LogP contribution in [0.15, 0.2) is 24.3 Å². The minimum atomic E-state index is -3.56. The number of fused-ring (bicyclic) bond motifs is 1. The third-order valence-corrected chi connectivity index (χ3v) is 5.65. The Morgan fingerprint density at radius 1 is 1.33 bits per heavy atom. The van der Waals surface area contributed by atoms with E-state index in [0.717, 1.165) is 15.4 Å². The van der Waals surface area contributed by atoms with Crippen LogP contribution in [0, 0.1) is 5.92 Å². The molecule has 1 aliphatic rings. The first-order valence-electron chi connectivity index (χ1n) is 7.10. The third kappa shape index (κ3) is 3.63. The maximum atomic E-state index is 12.5. The molecule has 0 radical (unpaired) electrons. The number of carboxylic acid groups (broad SMARTS) is 1. The maximum absolute atomic E-state index is 12.5. The minimum absolute atomic E-state index is 0.00336. The first kappa shape index (κ1) is 16.0. The zero-order valence-electron chi connectivity index (χ0n) is 12.3. The Bertz CT molecular complexity index is 624. The van der Waals surface area contributed by atoms with E-state index in [1.165, 1.54) is 0 Å². The van der Waals surface area contributed by atoms with Gasteiger partial charge in [-0.15, -0.1) is 0 Å². The summed E-state index contributed by atoms with van der Waals surface area (Å²) in [5.74, 6) is -0.825. The molecule has 0 saturated carbocycles. The van der Waals surface area contributed by atoms with Gasteiger partial charge in [0.1, 0.15) is 6.04 Å². The Balaban J connectivity index is 2.30.